The van der Waals surface area contributed by atoms with Crippen LogP contribution in [0.5, 0.6) is 0 Å². The van der Waals surface area contributed by atoms with E-state index >= 15 is 0 Å². The molecule has 1 heterocycles. The van der Waals surface area contributed by atoms with Gasteiger partial charge in [-0.15, -0.1) is 24.0 Å². The lowest BCUT2D eigenvalue weighted by Gasteiger charge is -2.36. The molecule has 2 fully saturated rings. The van der Waals surface area contributed by atoms with Crippen molar-refractivity contribution in [1.29, 1.82) is 0 Å². The number of ether oxygens (including phenoxy) is 1. The van der Waals surface area contributed by atoms with Crippen LogP contribution in [0.1, 0.15) is 46.0 Å². The lowest BCUT2D eigenvalue weighted by atomic mass is 9.98. The Balaban J connectivity index is 0.00000364. The minimum atomic E-state index is 0. The highest BCUT2D eigenvalue weighted by molar-refractivity contribution is 14.0. The van der Waals surface area contributed by atoms with Crippen molar-refractivity contribution in [1.82, 2.24) is 20.4 Å². The van der Waals surface area contributed by atoms with E-state index in [1.807, 2.05) is 0 Å². The maximum atomic E-state index is 6.04. The fraction of sp³-hybridized carbons (Fsp3) is 0.950. The molecule has 7 heteroatoms. The third kappa shape index (κ3) is 8.83. The molecule has 2 atom stereocenters. The van der Waals surface area contributed by atoms with Crippen LogP contribution in [0.2, 0.25) is 0 Å². The number of nitrogens with one attached hydrogen (secondary N) is 2. The molecule has 2 rings (SSSR count). The topological polar surface area (TPSA) is 52.1 Å². The molecule has 1 aliphatic heterocycles. The first-order chi connectivity index (χ1) is 12.6. The van der Waals surface area contributed by atoms with Gasteiger partial charge in [-0.25, -0.2) is 0 Å². The Kier molecular flexibility index (Phi) is 12.9. The van der Waals surface area contributed by atoms with Crippen LogP contribution in [-0.4, -0.2) is 87.9 Å². The van der Waals surface area contributed by atoms with E-state index in [1.54, 1.807) is 0 Å². The Hall–Kier alpha value is -0.120. The highest BCUT2D eigenvalue weighted by Crippen LogP contribution is 2.30. The number of likely N-dealkylation sites (N-methyl/N-ethyl adjacent to an activating group) is 2. The summed E-state index contributed by atoms with van der Waals surface area (Å²) in [6.45, 7) is 11.1. The van der Waals surface area contributed by atoms with Crippen molar-refractivity contribution in [3.8, 4) is 0 Å². The highest BCUT2D eigenvalue weighted by atomic mass is 127. The second-order valence-corrected chi connectivity index (χ2v) is 7.87. The number of piperazine rings is 1. The predicted molar refractivity (Wildman–Crippen MR) is 125 cm³/mol. The maximum absolute atomic E-state index is 6.04. The van der Waals surface area contributed by atoms with Gasteiger partial charge in [0.15, 0.2) is 5.96 Å². The smallest absolute Gasteiger partial charge is 0.191 e. The van der Waals surface area contributed by atoms with Crippen LogP contribution in [0.4, 0.5) is 0 Å². The summed E-state index contributed by atoms with van der Waals surface area (Å²) in [5.41, 5.74) is 0. The molecule has 0 aromatic carbocycles. The van der Waals surface area contributed by atoms with Crippen LogP contribution in [0, 0.1) is 5.92 Å². The number of hydrogen-bond acceptors (Lipinski definition) is 4. The van der Waals surface area contributed by atoms with E-state index < -0.39 is 0 Å². The fourth-order valence-electron chi connectivity index (χ4n) is 4.17. The van der Waals surface area contributed by atoms with Crippen molar-refractivity contribution in [2.45, 2.75) is 58.1 Å². The predicted octanol–water partition coefficient (Wildman–Crippen LogP) is 2.39. The normalized spacial score (nSPS) is 23.9. The minimum absolute atomic E-state index is 0. The summed E-state index contributed by atoms with van der Waals surface area (Å²) < 4.78 is 6.04. The molecule has 0 amide bonds. The Labute approximate surface area is 183 Å². The van der Waals surface area contributed by atoms with Crippen molar-refractivity contribution in [2.75, 3.05) is 60.0 Å². The number of halogens is 1. The number of hydrogen-bond donors (Lipinski definition) is 2. The average Bonchev–Trinajstić information content (AvgIpc) is 3.16. The Morgan fingerprint density at radius 2 is 1.89 bits per heavy atom. The van der Waals surface area contributed by atoms with Gasteiger partial charge < -0.3 is 20.3 Å². The van der Waals surface area contributed by atoms with Crippen molar-refractivity contribution in [3.05, 3.63) is 0 Å². The molecule has 1 saturated heterocycles. The molecule has 0 bridgehead atoms. The zero-order valence-electron chi connectivity index (χ0n) is 17.9. The van der Waals surface area contributed by atoms with E-state index in [4.69, 9.17) is 9.73 Å². The zero-order chi connectivity index (χ0) is 18.8. The standard InChI is InChI=1S/C20H41N5O.HI/c1-5-21-20(23-15-18-16-24(3)13-14-25(18)4)22-12-11-19(26-6-2)17-9-7-8-10-17;/h17-19H,5-16H2,1-4H3,(H2,21,22,23);1H. The summed E-state index contributed by atoms with van der Waals surface area (Å²) in [6, 6.07) is 0.499. The van der Waals surface area contributed by atoms with Crippen LogP contribution in [0.25, 0.3) is 0 Å². The van der Waals surface area contributed by atoms with Crippen LogP contribution >= 0.6 is 24.0 Å². The number of aliphatic imine (C=N–C) groups is 1. The number of nitrogens with zero attached hydrogens (tertiary/aromatic N) is 3. The second-order valence-electron chi connectivity index (χ2n) is 7.87. The summed E-state index contributed by atoms with van der Waals surface area (Å²) >= 11 is 0. The molecular weight excluding hydrogens is 453 g/mol. The minimum Gasteiger partial charge on any atom is -0.378 e. The molecule has 1 saturated carbocycles. The molecule has 0 aromatic heterocycles. The largest absolute Gasteiger partial charge is 0.378 e. The molecular formula is C20H42IN5O. The van der Waals surface area contributed by atoms with Crippen molar-refractivity contribution < 1.29 is 4.74 Å². The summed E-state index contributed by atoms with van der Waals surface area (Å²) in [5.74, 6) is 1.69. The zero-order valence-corrected chi connectivity index (χ0v) is 20.2. The van der Waals surface area contributed by atoms with Crippen molar-refractivity contribution in [2.24, 2.45) is 10.9 Å². The van der Waals surface area contributed by atoms with Crippen molar-refractivity contribution in [3.63, 3.8) is 0 Å². The van der Waals surface area contributed by atoms with Crippen LogP contribution in [-0.2, 0) is 4.74 Å². The monoisotopic (exact) mass is 495 g/mol. The fourth-order valence-corrected chi connectivity index (χ4v) is 4.17. The van der Waals surface area contributed by atoms with Gasteiger partial charge in [0.2, 0.25) is 0 Å². The van der Waals surface area contributed by atoms with Gasteiger partial charge in [0.05, 0.1) is 12.6 Å². The van der Waals surface area contributed by atoms with Crippen molar-refractivity contribution >= 4 is 29.9 Å². The Morgan fingerprint density at radius 1 is 1.15 bits per heavy atom. The van der Waals surface area contributed by atoms with Gasteiger partial charge >= 0.3 is 0 Å². The third-order valence-electron chi connectivity index (χ3n) is 5.81. The molecule has 1 aliphatic carbocycles. The molecule has 160 valence electrons. The average molecular weight is 495 g/mol. The number of guanidine groups is 1. The first kappa shape index (κ1) is 24.9. The lowest BCUT2D eigenvalue weighted by Crippen LogP contribution is -2.51. The Morgan fingerprint density at radius 3 is 2.56 bits per heavy atom. The van der Waals surface area contributed by atoms with Gasteiger partial charge in [-0.1, -0.05) is 12.8 Å². The van der Waals surface area contributed by atoms with E-state index in [0.717, 1.165) is 64.2 Å². The van der Waals surface area contributed by atoms with Gasteiger partial charge in [0.1, 0.15) is 0 Å². The summed E-state index contributed by atoms with van der Waals surface area (Å²) in [6.07, 6.45) is 6.87. The number of rotatable bonds is 9. The van der Waals surface area contributed by atoms with Gasteiger partial charge in [-0.3, -0.25) is 9.89 Å². The first-order valence-corrected chi connectivity index (χ1v) is 10.7. The molecule has 2 aliphatic rings. The second kappa shape index (κ2) is 14.0. The quantitative estimate of drug-likeness (QED) is 0.292. The van der Waals surface area contributed by atoms with Gasteiger partial charge in [0.25, 0.3) is 0 Å². The van der Waals surface area contributed by atoms with Gasteiger partial charge in [-0.05, 0) is 53.1 Å². The summed E-state index contributed by atoms with van der Waals surface area (Å²) in [5, 5.41) is 6.91. The highest BCUT2D eigenvalue weighted by Gasteiger charge is 2.25. The summed E-state index contributed by atoms with van der Waals surface area (Å²) in [4.78, 5) is 9.67. The lowest BCUT2D eigenvalue weighted by molar-refractivity contribution is 0.0169. The molecule has 0 aromatic rings. The van der Waals surface area contributed by atoms with E-state index in [-0.39, 0.29) is 24.0 Å². The molecule has 0 spiro atoms. The first-order valence-electron chi connectivity index (χ1n) is 10.7. The van der Waals surface area contributed by atoms with Gasteiger partial charge in [0, 0.05) is 45.4 Å². The molecule has 0 radical (unpaired) electrons. The molecule has 27 heavy (non-hydrogen) atoms. The molecule has 2 unspecified atom stereocenters. The van der Waals surface area contributed by atoms with Crippen LogP contribution < -0.4 is 10.6 Å². The van der Waals surface area contributed by atoms with Crippen LogP contribution in [0.15, 0.2) is 4.99 Å². The SMILES string of the molecule is CCNC(=NCC1CN(C)CCN1C)NCCC(OCC)C1CCCC1.I. The van der Waals surface area contributed by atoms with E-state index in [9.17, 15) is 0 Å². The molecule has 6 nitrogen and oxygen atoms in total. The Bertz CT molecular complexity index is 417. The third-order valence-corrected chi connectivity index (χ3v) is 5.81. The van der Waals surface area contributed by atoms with E-state index in [0.29, 0.717) is 12.1 Å². The van der Waals surface area contributed by atoms with E-state index in [1.165, 1.54) is 25.7 Å². The van der Waals surface area contributed by atoms with Gasteiger partial charge in [-0.2, -0.15) is 0 Å². The van der Waals surface area contributed by atoms with Crippen LogP contribution in [0.3, 0.4) is 0 Å². The van der Waals surface area contributed by atoms with E-state index in [2.05, 4.69) is 48.4 Å². The molecule has 2 N–H and O–H groups in total. The summed E-state index contributed by atoms with van der Waals surface area (Å²) in [7, 11) is 4.41. The maximum Gasteiger partial charge on any atom is 0.191 e.